The fraction of sp³-hybridized carbons (Fsp3) is 0.435. The average molecular weight is 485 g/mol. The zero-order valence-corrected chi connectivity index (χ0v) is 22.6. The molecule has 3 rings (SSSR count). The predicted octanol–water partition coefficient (Wildman–Crippen LogP) is 2.73. The molecule has 0 aliphatic heterocycles. The molecule has 0 aliphatic carbocycles. The molecule has 0 aliphatic rings. The Bertz CT molecular complexity index is 993. The second-order valence-corrected chi connectivity index (χ2v) is 9.12. The second-order valence-electron chi connectivity index (χ2n) is 8.25. The number of aromatic amines is 1. The summed E-state index contributed by atoms with van der Waals surface area (Å²) in [6.45, 7) is 6.84. The average Bonchev–Trinajstić information content (AvgIpc) is 3.26. The summed E-state index contributed by atoms with van der Waals surface area (Å²) in [5.74, 6) is 1.28. The van der Waals surface area contributed by atoms with Gasteiger partial charge in [0.25, 0.3) is 0 Å². The Labute approximate surface area is 221 Å². The summed E-state index contributed by atoms with van der Waals surface area (Å²) >= 11 is 12.2. The number of rotatable bonds is 10. The number of hydrogen-bond acceptors (Lipinski definition) is 5. The number of hydrogen-bond donors (Lipinski definition) is 1. The third-order valence-corrected chi connectivity index (χ3v) is 5.81. The molecule has 9 heteroatoms. The predicted molar refractivity (Wildman–Crippen MR) is 122 cm³/mol. The van der Waals surface area contributed by atoms with E-state index in [-0.39, 0.29) is 40.7 Å². The van der Waals surface area contributed by atoms with Gasteiger partial charge < -0.3 is 9.84 Å². The molecule has 0 spiro atoms. The minimum absolute atomic E-state index is 0. The van der Waals surface area contributed by atoms with Crippen LogP contribution >= 0.6 is 23.2 Å². The Balaban J connectivity index is 0.00000363. The van der Waals surface area contributed by atoms with Crippen LogP contribution in [0.4, 0.5) is 0 Å². The van der Waals surface area contributed by atoms with Crippen LogP contribution in [0.3, 0.4) is 0 Å². The molecule has 0 unspecified atom stereocenters. The van der Waals surface area contributed by atoms with Crippen molar-refractivity contribution in [2.24, 2.45) is 0 Å². The van der Waals surface area contributed by atoms with E-state index < -0.39 is 0 Å². The van der Waals surface area contributed by atoms with Gasteiger partial charge in [-0.3, -0.25) is 0 Å². The van der Waals surface area contributed by atoms with Crippen LogP contribution in [0, 0.1) is 0 Å². The Morgan fingerprint density at radius 1 is 1.03 bits per heavy atom. The molecule has 3 aromatic rings. The van der Waals surface area contributed by atoms with Crippen LogP contribution < -0.4 is 39.4 Å². The van der Waals surface area contributed by atoms with Crippen molar-refractivity contribution in [2.45, 2.75) is 58.3 Å². The first-order valence-electron chi connectivity index (χ1n) is 10.5. The van der Waals surface area contributed by atoms with E-state index in [1.165, 1.54) is 0 Å². The van der Waals surface area contributed by atoms with Crippen LogP contribution in [-0.4, -0.2) is 27.2 Å². The van der Waals surface area contributed by atoms with Crippen molar-refractivity contribution >= 4 is 23.2 Å². The first kappa shape index (κ1) is 26.9. The number of tetrazole rings is 1. The van der Waals surface area contributed by atoms with Crippen LogP contribution in [0.25, 0.3) is 11.1 Å². The van der Waals surface area contributed by atoms with Gasteiger partial charge >= 0.3 is 29.6 Å². The number of H-pyrrole nitrogens is 1. The van der Waals surface area contributed by atoms with E-state index in [1.54, 1.807) is 24.3 Å². The molecule has 166 valence electrons. The van der Waals surface area contributed by atoms with Gasteiger partial charge in [0.15, 0.2) is 5.82 Å². The number of nitrogens with one attached hydrogen (secondary N) is 1. The fourth-order valence-corrected chi connectivity index (χ4v) is 4.07. The standard InChI is InChI=1S/C23H28Cl2N4O2.Na/c1-4-15-12-19(16-10-17(24)13-18(25)11-16)20(30)14-21(15)31-9-7-5-6-8-23(2,3)22-26-28-29-27-22;/h10-14,30H,4-9H2,1-3H3,(H,26,27,28,29);/q;+1/p-1. The van der Waals surface area contributed by atoms with Gasteiger partial charge in [-0.15, -0.1) is 10.2 Å². The summed E-state index contributed by atoms with van der Waals surface area (Å²) in [5.41, 5.74) is 2.17. The van der Waals surface area contributed by atoms with E-state index in [0.29, 0.717) is 33.5 Å². The zero-order chi connectivity index (χ0) is 22.4. The number of unbranched alkanes of at least 4 members (excludes halogenated alkanes) is 2. The monoisotopic (exact) mass is 484 g/mol. The van der Waals surface area contributed by atoms with E-state index in [4.69, 9.17) is 27.9 Å². The van der Waals surface area contributed by atoms with Crippen molar-refractivity contribution in [3.8, 4) is 22.6 Å². The maximum atomic E-state index is 12.7. The van der Waals surface area contributed by atoms with Gasteiger partial charge in [-0.2, -0.15) is 5.21 Å². The maximum absolute atomic E-state index is 12.7. The second kappa shape index (κ2) is 12.2. The first-order valence-corrected chi connectivity index (χ1v) is 11.2. The van der Waals surface area contributed by atoms with E-state index in [0.717, 1.165) is 43.5 Å². The normalized spacial score (nSPS) is 11.3. The molecular formula is C23H27Cl2N4NaO2. The summed E-state index contributed by atoms with van der Waals surface area (Å²) in [6, 6.07) is 8.61. The Hall–Kier alpha value is -1.31. The number of aromatic nitrogens is 4. The van der Waals surface area contributed by atoms with E-state index in [9.17, 15) is 5.11 Å². The minimum atomic E-state index is -0.111. The van der Waals surface area contributed by atoms with E-state index >= 15 is 0 Å². The number of halogens is 2. The molecule has 0 bridgehead atoms. The summed E-state index contributed by atoms with van der Waals surface area (Å²) < 4.78 is 5.96. The summed E-state index contributed by atoms with van der Waals surface area (Å²) in [4.78, 5) is 0. The molecule has 0 fully saturated rings. The zero-order valence-electron chi connectivity index (χ0n) is 19.0. The van der Waals surface area contributed by atoms with Crippen LogP contribution in [0.1, 0.15) is 57.8 Å². The molecule has 0 atom stereocenters. The maximum Gasteiger partial charge on any atom is 1.00 e. The number of benzene rings is 2. The molecule has 0 saturated heterocycles. The molecular weight excluding hydrogens is 458 g/mol. The number of nitrogens with zero attached hydrogens (tertiary/aromatic N) is 3. The Morgan fingerprint density at radius 3 is 2.38 bits per heavy atom. The fourth-order valence-electron chi connectivity index (χ4n) is 3.54. The van der Waals surface area contributed by atoms with Gasteiger partial charge in [0.2, 0.25) is 0 Å². The van der Waals surface area contributed by atoms with Crippen molar-refractivity contribution in [3.05, 3.63) is 51.8 Å². The Kier molecular flexibility index (Phi) is 10.3. The van der Waals surface area contributed by atoms with Crippen LogP contribution in [-0.2, 0) is 11.8 Å². The van der Waals surface area contributed by atoms with Crippen molar-refractivity contribution < 1.29 is 39.4 Å². The van der Waals surface area contributed by atoms with Gasteiger partial charge in [-0.1, -0.05) is 67.8 Å². The van der Waals surface area contributed by atoms with Gasteiger partial charge in [0, 0.05) is 15.5 Å². The topological polar surface area (TPSA) is 86.8 Å². The molecule has 1 heterocycles. The Morgan fingerprint density at radius 2 is 1.75 bits per heavy atom. The van der Waals surface area contributed by atoms with E-state index in [1.807, 2.05) is 13.0 Å². The molecule has 2 aromatic carbocycles. The quantitative estimate of drug-likeness (QED) is 0.353. The number of aryl methyl sites for hydroxylation is 1. The summed E-state index contributed by atoms with van der Waals surface area (Å²) in [6.07, 6.45) is 4.69. The third kappa shape index (κ3) is 7.09. The van der Waals surface area contributed by atoms with Crippen LogP contribution in [0.5, 0.6) is 11.5 Å². The van der Waals surface area contributed by atoms with Crippen molar-refractivity contribution in [2.75, 3.05) is 6.61 Å². The SMILES string of the molecule is CCc1cc(-c2cc(Cl)cc(Cl)c2)c([O-])cc1OCCCCCC(C)(C)c1nn[nH]n1.[Na+]. The molecule has 1 aromatic heterocycles. The summed E-state index contributed by atoms with van der Waals surface area (Å²) in [5, 5.41) is 28.0. The molecule has 32 heavy (non-hydrogen) atoms. The molecule has 0 radical (unpaired) electrons. The minimum Gasteiger partial charge on any atom is -0.872 e. The van der Waals surface area contributed by atoms with Gasteiger partial charge in [0.1, 0.15) is 5.75 Å². The summed E-state index contributed by atoms with van der Waals surface area (Å²) in [7, 11) is 0. The molecule has 6 nitrogen and oxygen atoms in total. The first-order chi connectivity index (χ1) is 14.8. The van der Waals surface area contributed by atoms with Gasteiger partial charge in [-0.25, -0.2) is 0 Å². The largest absolute Gasteiger partial charge is 1.00 e. The molecule has 0 saturated carbocycles. The van der Waals surface area contributed by atoms with E-state index in [2.05, 4.69) is 34.5 Å². The molecule has 1 N–H and O–H groups in total. The smallest absolute Gasteiger partial charge is 0.872 e. The van der Waals surface area contributed by atoms with Gasteiger partial charge in [-0.05, 0) is 66.3 Å². The van der Waals surface area contributed by atoms with Gasteiger partial charge in [0.05, 0.1) is 6.61 Å². The van der Waals surface area contributed by atoms with Crippen LogP contribution in [0.15, 0.2) is 30.3 Å². The van der Waals surface area contributed by atoms with Crippen molar-refractivity contribution in [1.29, 1.82) is 0 Å². The molecule has 0 amide bonds. The third-order valence-electron chi connectivity index (χ3n) is 5.37. The van der Waals surface area contributed by atoms with Crippen LogP contribution in [0.2, 0.25) is 10.0 Å². The van der Waals surface area contributed by atoms with Crippen molar-refractivity contribution in [1.82, 2.24) is 20.6 Å². The van der Waals surface area contributed by atoms with Crippen molar-refractivity contribution in [3.63, 3.8) is 0 Å². The number of ether oxygens (including phenoxy) is 1.